The van der Waals surface area contributed by atoms with Crippen molar-refractivity contribution in [1.82, 2.24) is 20.0 Å². The molecule has 2 unspecified atom stereocenters. The van der Waals surface area contributed by atoms with Crippen LogP contribution in [0, 0.1) is 11.7 Å². The summed E-state index contributed by atoms with van der Waals surface area (Å²) in [6.07, 6.45) is 0.200. The van der Waals surface area contributed by atoms with Crippen LogP contribution in [0.5, 0.6) is 0 Å². The van der Waals surface area contributed by atoms with Gasteiger partial charge in [0.05, 0.1) is 5.69 Å². The highest BCUT2D eigenvalue weighted by molar-refractivity contribution is 5.76. The first-order valence-electron chi connectivity index (χ1n) is 10.5. The Labute approximate surface area is 189 Å². The quantitative estimate of drug-likeness (QED) is 0.431. The lowest BCUT2D eigenvalue weighted by Gasteiger charge is -2.21. The molecule has 0 aliphatic carbocycles. The van der Waals surface area contributed by atoms with Gasteiger partial charge in [-0.2, -0.15) is 13.8 Å². The smallest absolute Gasteiger partial charge is 0.315 e. The van der Waals surface area contributed by atoms with Gasteiger partial charge in [-0.05, 0) is 64.2 Å². The summed E-state index contributed by atoms with van der Waals surface area (Å²) in [4.78, 5) is 22.4. The minimum atomic E-state index is -2.85. The number of aryl methyl sites for hydroxylation is 1. The number of aromatic nitrogens is 3. The predicted octanol–water partition coefficient (Wildman–Crippen LogP) is 3.96. The molecule has 178 valence electrons. The summed E-state index contributed by atoms with van der Waals surface area (Å²) in [5.41, 5.74) is 6.92. The minimum Gasteiger partial charge on any atom is -0.444 e. The van der Waals surface area contributed by atoms with Gasteiger partial charge in [0.2, 0.25) is 11.8 Å². The maximum atomic E-state index is 13.2. The van der Waals surface area contributed by atoms with Crippen molar-refractivity contribution in [1.29, 1.82) is 0 Å². The molecule has 0 saturated heterocycles. The fourth-order valence-corrected chi connectivity index (χ4v) is 3.48. The van der Waals surface area contributed by atoms with Crippen LogP contribution in [-0.2, 0) is 11.2 Å². The van der Waals surface area contributed by atoms with E-state index in [1.807, 2.05) is 19.0 Å². The lowest BCUT2D eigenvalue weighted by atomic mass is 9.86. The van der Waals surface area contributed by atoms with Crippen molar-refractivity contribution in [3.05, 3.63) is 53.8 Å². The Balaban J connectivity index is 1.74. The van der Waals surface area contributed by atoms with Crippen LogP contribution in [0.4, 0.5) is 13.2 Å². The van der Waals surface area contributed by atoms with Gasteiger partial charge >= 0.3 is 6.43 Å². The number of hydrogen-bond acceptors (Lipinski definition) is 7. The molecule has 0 aliphatic rings. The lowest BCUT2D eigenvalue weighted by molar-refractivity contribution is -0.122. The maximum absolute atomic E-state index is 13.2. The second-order valence-corrected chi connectivity index (χ2v) is 8.10. The first kappa shape index (κ1) is 24.4. The molecule has 8 nitrogen and oxygen atoms in total. The number of benzene rings is 1. The van der Waals surface area contributed by atoms with E-state index in [4.69, 9.17) is 10.2 Å². The standard InChI is InChI=1S/C22H26F3N5O3/c1-30(2)10-9-14(17-12-32-21(27-17)13-3-6-16(23)7-4-13)11-15(20(26)31)5-8-18-28-22(19(24)25)33-29-18/h3-4,6-7,12,14-15,19H,5,8-11H2,1-2H3,(H2,26,31). The summed E-state index contributed by atoms with van der Waals surface area (Å²) in [5.74, 6) is -1.88. The van der Waals surface area contributed by atoms with Crippen molar-refractivity contribution in [2.75, 3.05) is 20.6 Å². The average molecular weight is 465 g/mol. The zero-order valence-corrected chi connectivity index (χ0v) is 18.4. The zero-order chi connectivity index (χ0) is 24.0. The van der Waals surface area contributed by atoms with Gasteiger partial charge < -0.3 is 19.6 Å². The first-order valence-corrected chi connectivity index (χ1v) is 10.5. The van der Waals surface area contributed by atoms with Gasteiger partial charge in [-0.1, -0.05) is 5.16 Å². The highest BCUT2D eigenvalue weighted by Crippen LogP contribution is 2.31. The fraction of sp³-hybridized carbons (Fsp3) is 0.455. The van der Waals surface area contributed by atoms with Gasteiger partial charge in [0.1, 0.15) is 12.1 Å². The third-order valence-corrected chi connectivity index (χ3v) is 5.31. The number of oxazole rings is 1. The molecule has 2 atom stereocenters. The largest absolute Gasteiger partial charge is 0.444 e. The molecule has 2 heterocycles. The van der Waals surface area contributed by atoms with E-state index in [0.29, 0.717) is 30.0 Å². The number of hydrogen-bond donors (Lipinski definition) is 1. The normalized spacial score (nSPS) is 13.5. The average Bonchev–Trinajstić information content (AvgIpc) is 3.43. The van der Waals surface area contributed by atoms with Crippen LogP contribution in [0.25, 0.3) is 11.5 Å². The Morgan fingerprint density at radius 2 is 1.88 bits per heavy atom. The Morgan fingerprint density at radius 3 is 2.48 bits per heavy atom. The number of nitrogens with zero attached hydrogens (tertiary/aromatic N) is 4. The van der Waals surface area contributed by atoms with Crippen LogP contribution >= 0.6 is 0 Å². The van der Waals surface area contributed by atoms with E-state index in [9.17, 15) is 18.0 Å². The molecule has 0 aliphatic heterocycles. The fourth-order valence-electron chi connectivity index (χ4n) is 3.48. The molecule has 0 bridgehead atoms. The molecule has 3 rings (SSSR count). The lowest BCUT2D eigenvalue weighted by Crippen LogP contribution is -2.27. The van der Waals surface area contributed by atoms with Crippen LogP contribution in [0.15, 0.2) is 39.5 Å². The van der Waals surface area contributed by atoms with E-state index in [1.54, 1.807) is 12.1 Å². The number of amides is 1. The molecule has 2 N–H and O–H groups in total. The maximum Gasteiger partial charge on any atom is 0.315 e. The van der Waals surface area contributed by atoms with Gasteiger partial charge in [-0.15, -0.1) is 0 Å². The number of alkyl halides is 2. The van der Waals surface area contributed by atoms with Crippen molar-refractivity contribution >= 4 is 5.91 Å². The number of primary amides is 1. The number of halogens is 3. The summed E-state index contributed by atoms with van der Waals surface area (Å²) in [7, 11) is 3.87. The number of rotatable bonds is 12. The molecule has 33 heavy (non-hydrogen) atoms. The van der Waals surface area contributed by atoms with Gasteiger partial charge in [-0.25, -0.2) is 9.37 Å². The molecule has 1 aromatic carbocycles. The first-order chi connectivity index (χ1) is 15.7. The SMILES string of the molecule is CN(C)CCC(CC(CCc1noc(C(F)F)n1)C(N)=O)c1coc(-c2ccc(F)cc2)n1. The molecule has 2 aromatic heterocycles. The molecule has 0 radical (unpaired) electrons. The van der Waals surface area contributed by atoms with E-state index in [1.165, 1.54) is 18.4 Å². The van der Waals surface area contributed by atoms with Crippen molar-refractivity contribution in [3.63, 3.8) is 0 Å². The summed E-state index contributed by atoms with van der Waals surface area (Å²) in [5, 5.41) is 3.53. The van der Waals surface area contributed by atoms with Crippen LogP contribution in [0.2, 0.25) is 0 Å². The van der Waals surface area contributed by atoms with E-state index < -0.39 is 24.1 Å². The number of carbonyl (C=O) groups excluding carboxylic acids is 1. The third kappa shape index (κ3) is 6.88. The molecule has 0 saturated carbocycles. The minimum absolute atomic E-state index is 0.0985. The zero-order valence-electron chi connectivity index (χ0n) is 18.4. The van der Waals surface area contributed by atoms with Crippen LogP contribution in [0.3, 0.4) is 0 Å². The molecule has 0 spiro atoms. The number of nitrogens with two attached hydrogens (primary N) is 1. The monoisotopic (exact) mass is 465 g/mol. The molecule has 3 aromatic rings. The third-order valence-electron chi connectivity index (χ3n) is 5.31. The molecule has 1 amide bonds. The van der Waals surface area contributed by atoms with Gasteiger partial charge in [0.25, 0.3) is 5.89 Å². The predicted molar refractivity (Wildman–Crippen MR) is 113 cm³/mol. The van der Waals surface area contributed by atoms with Gasteiger partial charge in [0, 0.05) is 23.8 Å². The van der Waals surface area contributed by atoms with Crippen LogP contribution in [0.1, 0.15) is 49.0 Å². The highest BCUT2D eigenvalue weighted by Gasteiger charge is 2.26. The van der Waals surface area contributed by atoms with Gasteiger partial charge in [0.15, 0.2) is 5.82 Å². The van der Waals surface area contributed by atoms with Crippen molar-refractivity contribution in [2.45, 2.75) is 38.0 Å². The van der Waals surface area contributed by atoms with Crippen molar-refractivity contribution in [2.24, 2.45) is 11.7 Å². The Hall–Kier alpha value is -3.21. The van der Waals surface area contributed by atoms with Crippen LogP contribution in [-0.4, -0.2) is 46.6 Å². The Kier molecular flexibility index (Phi) is 8.21. The molecule has 11 heteroatoms. The summed E-state index contributed by atoms with van der Waals surface area (Å²) in [6, 6.07) is 5.79. The van der Waals surface area contributed by atoms with E-state index >= 15 is 0 Å². The van der Waals surface area contributed by atoms with E-state index in [2.05, 4.69) is 19.6 Å². The molecular formula is C22H26F3N5O3. The molecular weight excluding hydrogens is 439 g/mol. The van der Waals surface area contributed by atoms with Crippen LogP contribution < -0.4 is 5.73 Å². The molecule has 0 fully saturated rings. The van der Waals surface area contributed by atoms with E-state index in [-0.39, 0.29) is 30.4 Å². The Morgan fingerprint density at radius 1 is 1.15 bits per heavy atom. The second-order valence-electron chi connectivity index (χ2n) is 8.10. The summed E-state index contributed by atoms with van der Waals surface area (Å²) >= 11 is 0. The summed E-state index contributed by atoms with van der Waals surface area (Å²) in [6.45, 7) is 0.734. The highest BCUT2D eigenvalue weighted by atomic mass is 19.3. The van der Waals surface area contributed by atoms with Gasteiger partial charge in [-0.3, -0.25) is 4.79 Å². The second kappa shape index (κ2) is 11.1. The van der Waals surface area contributed by atoms with Crippen molar-refractivity contribution in [3.8, 4) is 11.5 Å². The number of carbonyl (C=O) groups is 1. The topological polar surface area (TPSA) is 111 Å². The van der Waals surface area contributed by atoms with E-state index in [0.717, 1.165) is 6.54 Å². The van der Waals surface area contributed by atoms with Crippen molar-refractivity contribution < 1.29 is 26.9 Å². The summed E-state index contributed by atoms with van der Waals surface area (Å²) < 4.78 is 48.6. The Bertz CT molecular complexity index is 1040.